The number of hydrogen-bond donors (Lipinski definition) is 0. The first kappa shape index (κ1) is 20.7. The van der Waals surface area contributed by atoms with Crippen LogP contribution < -0.4 is 0 Å². The van der Waals surface area contributed by atoms with Gasteiger partial charge in [0.25, 0.3) is 15.9 Å². The summed E-state index contributed by atoms with van der Waals surface area (Å²) < 4.78 is 25.4. The van der Waals surface area contributed by atoms with Crippen molar-refractivity contribution >= 4 is 39.1 Å². The van der Waals surface area contributed by atoms with Crippen molar-refractivity contribution in [3.8, 4) is 0 Å². The molecular weight excluding hydrogens is 399 g/mol. The third kappa shape index (κ3) is 4.55. The first-order valence-corrected chi connectivity index (χ1v) is 9.69. The summed E-state index contributed by atoms with van der Waals surface area (Å²) in [5, 5.41) is 0.961. The van der Waals surface area contributed by atoms with Gasteiger partial charge in [0.1, 0.15) is 0 Å². The van der Waals surface area contributed by atoms with Crippen LogP contribution in [0.2, 0.25) is 10.0 Å². The number of sulfonamides is 1. The smallest absolute Gasteiger partial charge is 0.264 e. The minimum Gasteiger partial charge on any atom is -0.337 e. The molecule has 0 bridgehead atoms. The average Bonchev–Trinajstić information content (AvgIpc) is 2.62. The van der Waals surface area contributed by atoms with Gasteiger partial charge in [0.05, 0.1) is 12.0 Å². The van der Waals surface area contributed by atoms with Crippen LogP contribution in [-0.2, 0) is 21.4 Å². The molecule has 140 valence electrons. The van der Waals surface area contributed by atoms with Crippen molar-refractivity contribution in [3.05, 3.63) is 63.6 Å². The molecule has 6 nitrogen and oxygen atoms in total. The lowest BCUT2D eigenvalue weighted by Gasteiger charge is -2.19. The molecule has 0 saturated heterocycles. The maximum Gasteiger partial charge on any atom is 0.264 e. The van der Waals surface area contributed by atoms with Crippen molar-refractivity contribution in [2.75, 3.05) is 21.2 Å². The Kier molecular flexibility index (Phi) is 6.65. The SMILES string of the molecule is CON(C)S(=O)(=O)c1cccc(C(=O)N(C)Cc2ccc(Cl)cc2Cl)c1. The predicted octanol–water partition coefficient (Wildman–Crippen LogP) is 3.45. The fourth-order valence-corrected chi connectivity index (χ4v) is 3.72. The summed E-state index contributed by atoms with van der Waals surface area (Å²) in [6.07, 6.45) is 0. The number of carbonyl (C=O) groups excluding carboxylic acids is 1. The van der Waals surface area contributed by atoms with Crippen LogP contribution in [-0.4, -0.2) is 44.9 Å². The van der Waals surface area contributed by atoms with E-state index in [1.807, 2.05) is 0 Å². The third-order valence-electron chi connectivity index (χ3n) is 3.74. The minimum absolute atomic E-state index is 0.0365. The zero-order valence-corrected chi connectivity index (χ0v) is 16.8. The second-order valence-corrected chi connectivity index (χ2v) is 8.30. The van der Waals surface area contributed by atoms with E-state index in [0.717, 1.165) is 10.0 Å². The Balaban J connectivity index is 2.25. The molecule has 0 spiro atoms. The van der Waals surface area contributed by atoms with E-state index in [9.17, 15) is 13.2 Å². The number of carbonyl (C=O) groups is 1. The van der Waals surface area contributed by atoms with E-state index in [4.69, 9.17) is 28.0 Å². The molecule has 0 N–H and O–H groups in total. The van der Waals surface area contributed by atoms with Crippen molar-refractivity contribution in [3.63, 3.8) is 0 Å². The van der Waals surface area contributed by atoms with E-state index in [1.54, 1.807) is 31.3 Å². The standard InChI is InChI=1S/C17H18Cl2N2O4S/c1-20(11-13-7-8-14(18)10-16(13)19)17(22)12-5-4-6-15(9-12)26(23,24)21(2)25-3/h4-10H,11H2,1-3H3. The highest BCUT2D eigenvalue weighted by molar-refractivity contribution is 7.89. The van der Waals surface area contributed by atoms with Gasteiger partial charge in [0.2, 0.25) is 0 Å². The first-order chi connectivity index (χ1) is 12.2. The second kappa shape index (κ2) is 8.37. The quantitative estimate of drug-likeness (QED) is 0.676. The van der Waals surface area contributed by atoms with Crippen molar-refractivity contribution in [1.29, 1.82) is 0 Å². The van der Waals surface area contributed by atoms with Crippen LogP contribution in [0.5, 0.6) is 0 Å². The maximum absolute atomic E-state index is 12.7. The van der Waals surface area contributed by atoms with E-state index in [2.05, 4.69) is 0 Å². The average molecular weight is 417 g/mol. The minimum atomic E-state index is -3.84. The lowest BCUT2D eigenvalue weighted by molar-refractivity contribution is -0.0258. The topological polar surface area (TPSA) is 66.9 Å². The highest BCUT2D eigenvalue weighted by atomic mass is 35.5. The predicted molar refractivity (Wildman–Crippen MR) is 101 cm³/mol. The molecule has 0 aliphatic rings. The van der Waals surface area contributed by atoms with Gasteiger partial charge in [-0.3, -0.25) is 9.63 Å². The van der Waals surface area contributed by atoms with Gasteiger partial charge in [-0.15, -0.1) is 0 Å². The Morgan fingerprint density at radius 3 is 2.42 bits per heavy atom. The molecule has 2 aromatic carbocycles. The molecule has 0 fully saturated rings. The molecule has 26 heavy (non-hydrogen) atoms. The molecule has 0 aromatic heterocycles. The van der Waals surface area contributed by atoms with Gasteiger partial charge < -0.3 is 4.90 Å². The summed E-state index contributed by atoms with van der Waals surface area (Å²) in [5.74, 6) is -0.340. The zero-order chi connectivity index (χ0) is 19.5. The molecule has 0 aliphatic heterocycles. The summed E-state index contributed by atoms with van der Waals surface area (Å²) in [6, 6.07) is 10.8. The van der Waals surface area contributed by atoms with Crippen molar-refractivity contribution in [2.45, 2.75) is 11.4 Å². The highest BCUT2D eigenvalue weighted by Crippen LogP contribution is 2.23. The van der Waals surface area contributed by atoms with E-state index in [1.165, 1.54) is 37.3 Å². The molecule has 2 aromatic rings. The summed E-state index contributed by atoms with van der Waals surface area (Å²) >= 11 is 12.0. The van der Waals surface area contributed by atoms with Gasteiger partial charge in [0.15, 0.2) is 0 Å². The number of hydroxylamine groups is 1. The fourth-order valence-electron chi connectivity index (χ4n) is 2.23. The number of hydrogen-bond acceptors (Lipinski definition) is 4. The van der Waals surface area contributed by atoms with E-state index >= 15 is 0 Å². The molecule has 0 saturated carbocycles. The van der Waals surface area contributed by atoms with Crippen molar-refractivity contribution in [1.82, 2.24) is 9.37 Å². The summed E-state index contributed by atoms with van der Waals surface area (Å²) in [5.41, 5.74) is 0.970. The lowest BCUT2D eigenvalue weighted by Crippen LogP contribution is -2.28. The van der Waals surface area contributed by atoms with Gasteiger partial charge in [-0.05, 0) is 35.9 Å². The summed E-state index contributed by atoms with van der Waals surface area (Å²) in [7, 11) is 0.293. The van der Waals surface area contributed by atoms with Gasteiger partial charge in [-0.2, -0.15) is 0 Å². The Labute approximate surface area is 162 Å². The van der Waals surface area contributed by atoms with Gasteiger partial charge in [-0.25, -0.2) is 8.42 Å². The maximum atomic E-state index is 12.7. The van der Waals surface area contributed by atoms with Crippen LogP contribution in [0, 0.1) is 0 Å². The number of benzene rings is 2. The molecule has 0 radical (unpaired) electrons. The van der Waals surface area contributed by atoms with Crippen LogP contribution in [0.15, 0.2) is 47.4 Å². The fraction of sp³-hybridized carbons (Fsp3) is 0.235. The van der Waals surface area contributed by atoms with Gasteiger partial charge >= 0.3 is 0 Å². The normalized spacial score (nSPS) is 11.6. The van der Waals surface area contributed by atoms with Crippen molar-refractivity contribution in [2.24, 2.45) is 0 Å². The molecule has 0 unspecified atom stereocenters. The van der Waals surface area contributed by atoms with Crippen molar-refractivity contribution < 1.29 is 18.0 Å². The van der Waals surface area contributed by atoms with Crippen LogP contribution in [0.1, 0.15) is 15.9 Å². The number of rotatable bonds is 6. The van der Waals surface area contributed by atoms with Crippen LogP contribution in [0.25, 0.3) is 0 Å². The highest BCUT2D eigenvalue weighted by Gasteiger charge is 2.23. The van der Waals surface area contributed by atoms with Gasteiger partial charge in [-0.1, -0.05) is 39.8 Å². The largest absolute Gasteiger partial charge is 0.337 e. The molecule has 0 aliphatic carbocycles. The molecular formula is C17H18Cl2N2O4S. The number of nitrogens with zero attached hydrogens (tertiary/aromatic N) is 2. The number of halogens is 2. The van der Waals surface area contributed by atoms with Crippen LogP contribution in [0.3, 0.4) is 0 Å². The van der Waals surface area contributed by atoms with E-state index < -0.39 is 10.0 Å². The third-order valence-corrected chi connectivity index (χ3v) is 6.01. The first-order valence-electron chi connectivity index (χ1n) is 7.49. The summed E-state index contributed by atoms with van der Waals surface area (Å²) in [6.45, 7) is 0.254. The Morgan fingerprint density at radius 2 is 1.81 bits per heavy atom. The molecule has 2 rings (SSSR count). The van der Waals surface area contributed by atoms with Crippen LogP contribution in [0.4, 0.5) is 0 Å². The summed E-state index contributed by atoms with van der Waals surface area (Å²) in [4.78, 5) is 18.8. The molecule has 1 amide bonds. The van der Waals surface area contributed by atoms with Crippen LogP contribution >= 0.6 is 23.2 Å². The molecule has 0 heterocycles. The number of amides is 1. The Bertz CT molecular complexity index is 919. The lowest BCUT2D eigenvalue weighted by atomic mass is 10.1. The zero-order valence-electron chi connectivity index (χ0n) is 14.4. The van der Waals surface area contributed by atoms with E-state index in [0.29, 0.717) is 10.0 Å². The van der Waals surface area contributed by atoms with E-state index in [-0.39, 0.29) is 22.9 Å². The molecule has 0 atom stereocenters. The Hall–Kier alpha value is -1.64. The monoisotopic (exact) mass is 416 g/mol. The second-order valence-electron chi connectivity index (χ2n) is 5.52. The van der Waals surface area contributed by atoms with Gasteiger partial charge in [0, 0.05) is 36.2 Å². The Morgan fingerprint density at radius 1 is 1.12 bits per heavy atom. The molecule has 9 heteroatoms.